The van der Waals surface area contributed by atoms with Crippen LogP contribution in [0.4, 0.5) is 22.1 Å². The van der Waals surface area contributed by atoms with Gasteiger partial charge in [-0.2, -0.15) is 0 Å². The molecule has 2 unspecified atom stereocenters. The Labute approximate surface area is 355 Å². The van der Waals surface area contributed by atoms with Crippen molar-refractivity contribution in [3.8, 4) is 11.5 Å². The number of carbonyl (C=O) groups excluding carboxylic acids is 4. The van der Waals surface area contributed by atoms with Crippen LogP contribution in [0, 0.1) is 11.8 Å². The molecule has 0 aliphatic carbocycles. The molecule has 5 aliphatic heterocycles. The van der Waals surface area contributed by atoms with Crippen LogP contribution >= 0.6 is 0 Å². The summed E-state index contributed by atoms with van der Waals surface area (Å²) in [7, 11) is 0. The minimum atomic E-state index is -0.612. The lowest BCUT2D eigenvalue weighted by atomic mass is 9.78. The largest absolute Gasteiger partial charge is 0.457 e. The van der Waals surface area contributed by atoms with E-state index >= 15 is 0 Å². The number of carbonyl (C=O) groups is 4. The van der Waals surface area contributed by atoms with Gasteiger partial charge in [-0.25, -0.2) is 14.8 Å². The van der Waals surface area contributed by atoms with Crippen LogP contribution in [0.2, 0.25) is 0 Å². The fourth-order valence-electron chi connectivity index (χ4n) is 9.86. The van der Waals surface area contributed by atoms with Crippen LogP contribution in [-0.2, 0) is 16.1 Å². The zero-order chi connectivity index (χ0) is 42.0. The highest BCUT2D eigenvalue weighted by Gasteiger charge is 2.40. The summed E-state index contributed by atoms with van der Waals surface area (Å²) in [5, 5.41) is 12.7. The number of anilines is 3. The van der Waals surface area contributed by atoms with Crippen LogP contribution in [0.5, 0.6) is 11.5 Å². The Bertz CT molecular complexity index is 2310. The summed E-state index contributed by atoms with van der Waals surface area (Å²) in [5.74, 6) is 2.62. The van der Waals surface area contributed by atoms with Crippen LogP contribution in [0.1, 0.15) is 78.4 Å². The van der Waals surface area contributed by atoms with Gasteiger partial charge in [0.05, 0.1) is 0 Å². The van der Waals surface area contributed by atoms with Crippen molar-refractivity contribution >= 4 is 46.8 Å². The minimum Gasteiger partial charge on any atom is -0.457 e. The monoisotopic (exact) mass is 825 g/mol. The van der Waals surface area contributed by atoms with Gasteiger partial charge in [0.15, 0.2) is 0 Å². The van der Waals surface area contributed by atoms with Gasteiger partial charge in [0.25, 0.3) is 5.91 Å². The summed E-state index contributed by atoms with van der Waals surface area (Å²) >= 11 is 0. The number of ether oxygens (including phenoxy) is 1. The molecule has 4 fully saturated rings. The van der Waals surface area contributed by atoms with E-state index < -0.39 is 11.9 Å². The van der Waals surface area contributed by atoms with Gasteiger partial charge in [0, 0.05) is 75.1 Å². The van der Waals surface area contributed by atoms with Crippen molar-refractivity contribution in [3.63, 3.8) is 0 Å². The molecular weight excluding hydrogens is 773 g/mol. The molecule has 6 heterocycles. The lowest BCUT2D eigenvalue weighted by Crippen LogP contribution is -2.53. The van der Waals surface area contributed by atoms with Crippen LogP contribution in [0.3, 0.4) is 0 Å². The first kappa shape index (κ1) is 39.9. The Hall–Kier alpha value is -6.51. The summed E-state index contributed by atoms with van der Waals surface area (Å²) in [5.41, 5.74) is 10.8. The molecule has 1 aromatic heterocycles. The maximum absolute atomic E-state index is 13.9. The Morgan fingerprint density at radius 2 is 1.54 bits per heavy atom. The van der Waals surface area contributed by atoms with Crippen molar-refractivity contribution in [3.05, 3.63) is 101 Å². The smallest absolute Gasteiger partial charge is 0.320 e. The zero-order valence-electron chi connectivity index (χ0n) is 34.3. The second kappa shape index (κ2) is 17.2. The highest BCUT2D eigenvalue weighted by Crippen LogP contribution is 2.36. The lowest BCUT2D eigenvalue weighted by Gasteiger charge is -2.42. The Morgan fingerprint density at radius 1 is 0.820 bits per heavy atom. The molecule has 4 saturated heterocycles. The molecule has 9 rings (SSSR count). The van der Waals surface area contributed by atoms with Gasteiger partial charge in [-0.05, 0) is 117 Å². The van der Waals surface area contributed by atoms with E-state index in [-0.39, 0.29) is 36.1 Å². The first-order valence-corrected chi connectivity index (χ1v) is 21.6. The standard InChI is InChI=1S/C46H52N10O5/c47-41(31-8-11-36(12-9-31)61-35-6-2-1-3-7-35)40-42(48)49-28-50-43(40)51-33-5-4-20-55(27-33)46(60)54-23-18-30(19-24-54)29-16-21-53(22-17-29)34-10-13-37-32(25-34)26-56(45(37)59)38-14-15-39(57)52-44(38)58/h1-3,6-13,25,28-30,33,38,47H,4-5,14-24,26-27H2,(H,52,57,58)(H3,48,49,50,51)/p+1. The molecule has 5 aliphatic rings. The first-order chi connectivity index (χ1) is 29.7. The number of imide groups is 1. The summed E-state index contributed by atoms with van der Waals surface area (Å²) in [6.45, 7) is 5.04. The van der Waals surface area contributed by atoms with Crippen molar-refractivity contribution in [2.45, 2.75) is 70.0 Å². The second-order valence-corrected chi connectivity index (χ2v) is 16.9. The van der Waals surface area contributed by atoms with Gasteiger partial charge in [-0.3, -0.25) is 25.1 Å². The number of hydrogen-bond acceptors (Lipinski definition) is 10. The molecule has 2 atom stereocenters. The topological polar surface area (TPSA) is 192 Å². The molecule has 0 radical (unpaired) electrons. The fourth-order valence-corrected chi connectivity index (χ4v) is 9.86. The van der Waals surface area contributed by atoms with Gasteiger partial charge in [0.2, 0.25) is 17.5 Å². The van der Waals surface area contributed by atoms with E-state index in [1.807, 2.05) is 76.5 Å². The molecular formula is C46H53N10O5+. The molecule has 0 bridgehead atoms. The summed E-state index contributed by atoms with van der Waals surface area (Å²) in [6.07, 6.45) is 7.95. The van der Waals surface area contributed by atoms with Crippen molar-refractivity contribution in [1.82, 2.24) is 30.0 Å². The molecule has 15 nitrogen and oxygen atoms in total. The number of para-hydroxylation sites is 1. The minimum absolute atomic E-state index is 0.0293. The number of nitrogens with one attached hydrogen (secondary N) is 2. The van der Waals surface area contributed by atoms with Crippen molar-refractivity contribution in [2.24, 2.45) is 11.8 Å². The number of amides is 5. The molecule has 61 heavy (non-hydrogen) atoms. The third kappa shape index (κ3) is 8.46. The van der Waals surface area contributed by atoms with Gasteiger partial charge in [-0.1, -0.05) is 18.2 Å². The van der Waals surface area contributed by atoms with E-state index in [1.165, 1.54) is 6.33 Å². The molecule has 3 aromatic carbocycles. The highest BCUT2D eigenvalue weighted by atomic mass is 16.5. The number of hydrogen-bond donors (Lipinski definition) is 4. The van der Waals surface area contributed by atoms with E-state index in [4.69, 9.17) is 15.9 Å². The van der Waals surface area contributed by atoms with E-state index in [2.05, 4.69) is 31.6 Å². The zero-order valence-corrected chi connectivity index (χ0v) is 34.3. The third-order valence-electron chi connectivity index (χ3n) is 13.2. The Kier molecular flexibility index (Phi) is 11.3. The maximum Gasteiger partial charge on any atom is 0.320 e. The first-order valence-electron chi connectivity index (χ1n) is 21.6. The van der Waals surface area contributed by atoms with Gasteiger partial charge in [0.1, 0.15) is 41.1 Å². The molecule has 6 N–H and O–H groups in total. The molecule has 0 saturated carbocycles. The van der Waals surface area contributed by atoms with Crippen molar-refractivity contribution in [1.29, 1.82) is 0 Å². The predicted molar refractivity (Wildman–Crippen MR) is 230 cm³/mol. The number of likely N-dealkylation sites (tertiary alicyclic amines) is 2. The van der Waals surface area contributed by atoms with Gasteiger partial charge >= 0.3 is 6.03 Å². The van der Waals surface area contributed by atoms with E-state index in [0.717, 1.165) is 87.3 Å². The Balaban J connectivity index is 0.752. The maximum atomic E-state index is 13.9. The van der Waals surface area contributed by atoms with E-state index in [0.29, 0.717) is 66.3 Å². The number of nitrogen functional groups attached to an aromatic ring is 1. The average molecular weight is 826 g/mol. The Morgan fingerprint density at radius 3 is 2.28 bits per heavy atom. The third-order valence-corrected chi connectivity index (χ3v) is 13.2. The molecule has 15 heteroatoms. The van der Waals surface area contributed by atoms with Crippen molar-refractivity contribution in [2.75, 3.05) is 55.2 Å². The number of benzene rings is 3. The molecule has 316 valence electrons. The molecule has 4 aromatic rings. The number of aromatic nitrogens is 2. The van der Waals surface area contributed by atoms with Gasteiger partial charge in [-0.15, -0.1) is 0 Å². The van der Waals surface area contributed by atoms with Crippen LogP contribution in [0.15, 0.2) is 79.1 Å². The van der Waals surface area contributed by atoms with Crippen LogP contribution < -0.4 is 31.4 Å². The number of nitrogens with zero attached hydrogens (tertiary/aromatic N) is 6. The number of urea groups is 1. The number of piperidine rings is 4. The summed E-state index contributed by atoms with van der Waals surface area (Å²) in [6, 6.07) is 22.6. The summed E-state index contributed by atoms with van der Waals surface area (Å²) in [4.78, 5) is 68.1. The second-order valence-electron chi connectivity index (χ2n) is 16.9. The number of fused-ring (bicyclic) bond motifs is 1. The molecule has 5 amide bonds. The van der Waals surface area contributed by atoms with Crippen molar-refractivity contribution < 1.29 is 29.3 Å². The quantitative estimate of drug-likeness (QED) is 0.143. The number of rotatable bonds is 9. The highest BCUT2D eigenvalue weighted by molar-refractivity contribution is 6.14. The van der Waals surface area contributed by atoms with Crippen LogP contribution in [0.25, 0.3) is 0 Å². The van der Waals surface area contributed by atoms with Crippen LogP contribution in [-0.4, -0.2) is 105 Å². The predicted octanol–water partition coefficient (Wildman–Crippen LogP) is 3.83. The SMILES string of the molecule is Nc1ncnc(NC2CCCN(C(=O)N3CCC(C4CCN(c5ccc6c(c5)CN(C5CCC(=O)NC5=O)C6=O)CC4)CC3)C2)c1C(=[NH2+])c1ccc(Oc2ccccc2)cc1. The normalized spacial score (nSPS) is 21.3. The summed E-state index contributed by atoms with van der Waals surface area (Å²) < 4.78 is 5.95. The average Bonchev–Trinajstić information content (AvgIpc) is 3.61. The number of nitrogens with two attached hydrogens (primary N) is 2. The van der Waals surface area contributed by atoms with E-state index in [1.54, 1.807) is 4.90 Å². The lowest BCUT2D eigenvalue weighted by molar-refractivity contribution is -0.137. The molecule has 0 spiro atoms. The fraction of sp³-hybridized carbons (Fsp3) is 0.413. The van der Waals surface area contributed by atoms with E-state index in [9.17, 15) is 19.2 Å². The van der Waals surface area contributed by atoms with Gasteiger partial charge < -0.3 is 35.4 Å².